The Morgan fingerprint density at radius 1 is 1.29 bits per heavy atom. The lowest BCUT2D eigenvalue weighted by molar-refractivity contribution is -0.149. The van der Waals surface area contributed by atoms with Gasteiger partial charge in [0, 0.05) is 43.7 Å². The molecule has 0 aliphatic carbocycles. The van der Waals surface area contributed by atoms with Crippen molar-refractivity contribution < 1.29 is 14.7 Å². The third-order valence-corrected chi connectivity index (χ3v) is 5.37. The number of fused-ring (bicyclic) bond motifs is 1. The first-order valence-corrected chi connectivity index (χ1v) is 8.41. The predicted molar refractivity (Wildman–Crippen MR) is 91.9 cm³/mol. The molecule has 1 amide bonds. The molecule has 128 valence electrons. The first-order valence-electron chi connectivity index (χ1n) is 8.03. The number of hydrogen-bond donors (Lipinski definition) is 1. The molecule has 1 N–H and O–H groups in total. The summed E-state index contributed by atoms with van der Waals surface area (Å²) >= 11 is 5.86. The summed E-state index contributed by atoms with van der Waals surface area (Å²) in [4.78, 5) is 28.3. The Bertz CT molecular complexity index is 661. The van der Waals surface area contributed by atoms with Gasteiger partial charge in [0.1, 0.15) is 5.41 Å². The second kappa shape index (κ2) is 6.57. The second-order valence-electron chi connectivity index (χ2n) is 6.72. The van der Waals surface area contributed by atoms with Crippen LogP contribution in [0.2, 0.25) is 5.02 Å². The van der Waals surface area contributed by atoms with Crippen LogP contribution in [0.15, 0.2) is 36.9 Å². The number of nitrogens with zero attached hydrogens (tertiary/aromatic N) is 2. The molecule has 0 spiro atoms. The van der Waals surface area contributed by atoms with E-state index in [1.807, 2.05) is 12.1 Å². The molecule has 0 aromatic heterocycles. The molecular weight excluding hydrogens is 328 g/mol. The maximum Gasteiger partial charge on any atom is 0.313 e. The van der Waals surface area contributed by atoms with Gasteiger partial charge in [-0.05, 0) is 17.7 Å². The van der Waals surface area contributed by atoms with Crippen molar-refractivity contribution in [1.29, 1.82) is 0 Å². The zero-order valence-electron chi connectivity index (χ0n) is 13.4. The zero-order chi connectivity index (χ0) is 17.3. The highest BCUT2D eigenvalue weighted by atomic mass is 35.5. The number of aliphatic carboxylic acids is 1. The highest BCUT2D eigenvalue weighted by Gasteiger charge is 2.58. The molecule has 0 radical (unpaired) electrons. The lowest BCUT2D eigenvalue weighted by Gasteiger charge is -2.25. The summed E-state index contributed by atoms with van der Waals surface area (Å²) in [7, 11) is 0. The summed E-state index contributed by atoms with van der Waals surface area (Å²) in [5.41, 5.74) is 0.0395. The van der Waals surface area contributed by atoms with Gasteiger partial charge in [0.05, 0.1) is 6.42 Å². The normalized spacial score (nSPS) is 26.4. The average molecular weight is 349 g/mol. The molecule has 6 heteroatoms. The minimum absolute atomic E-state index is 0.0240. The molecule has 24 heavy (non-hydrogen) atoms. The van der Waals surface area contributed by atoms with E-state index in [-0.39, 0.29) is 24.8 Å². The summed E-state index contributed by atoms with van der Waals surface area (Å²) < 4.78 is 0. The van der Waals surface area contributed by atoms with Gasteiger partial charge in [0.15, 0.2) is 0 Å². The Balaban J connectivity index is 1.69. The van der Waals surface area contributed by atoms with Crippen LogP contribution in [-0.2, 0) is 16.0 Å². The number of halogens is 1. The van der Waals surface area contributed by atoms with E-state index in [0.29, 0.717) is 31.2 Å². The minimum Gasteiger partial charge on any atom is -0.481 e. The third kappa shape index (κ3) is 3.06. The van der Waals surface area contributed by atoms with Crippen LogP contribution in [0.1, 0.15) is 5.56 Å². The second-order valence-corrected chi connectivity index (χ2v) is 7.15. The number of rotatable bonds is 5. The minimum atomic E-state index is -0.849. The molecule has 2 heterocycles. The van der Waals surface area contributed by atoms with Gasteiger partial charge in [-0.3, -0.25) is 14.5 Å². The standard InChI is InChI=1S/C18H21ClN2O3/c1-2-7-20-9-14-10-21(12-18(14,11-20)17(23)24)16(22)8-13-3-5-15(19)6-4-13/h2-6,14H,1,7-12H2,(H,23,24)/t14-,18-/m1/s1. The molecule has 0 unspecified atom stereocenters. The van der Waals surface area contributed by atoms with Crippen molar-refractivity contribution in [2.75, 3.05) is 32.7 Å². The predicted octanol–water partition coefficient (Wildman–Crippen LogP) is 1.91. The molecule has 0 bridgehead atoms. The van der Waals surface area contributed by atoms with E-state index < -0.39 is 11.4 Å². The topological polar surface area (TPSA) is 60.9 Å². The summed E-state index contributed by atoms with van der Waals surface area (Å²) in [6, 6.07) is 7.18. The molecule has 0 saturated carbocycles. The molecule has 2 fully saturated rings. The molecule has 3 rings (SSSR count). The number of carbonyl (C=O) groups excluding carboxylic acids is 1. The first kappa shape index (κ1) is 17.0. The largest absolute Gasteiger partial charge is 0.481 e. The van der Waals surface area contributed by atoms with Crippen LogP contribution in [0.5, 0.6) is 0 Å². The Morgan fingerprint density at radius 2 is 2.00 bits per heavy atom. The Hall–Kier alpha value is -1.85. The SMILES string of the molecule is C=CCN1C[C@@H]2CN(C(=O)Cc3ccc(Cl)cc3)C[C@]2(C(=O)O)C1. The van der Waals surface area contributed by atoms with E-state index in [2.05, 4.69) is 11.5 Å². The van der Waals surface area contributed by atoms with E-state index in [0.717, 1.165) is 5.56 Å². The van der Waals surface area contributed by atoms with E-state index in [4.69, 9.17) is 11.6 Å². The van der Waals surface area contributed by atoms with E-state index >= 15 is 0 Å². The molecule has 2 saturated heterocycles. The van der Waals surface area contributed by atoms with Gasteiger partial charge < -0.3 is 10.0 Å². The molecule has 5 nitrogen and oxygen atoms in total. The van der Waals surface area contributed by atoms with Crippen molar-refractivity contribution in [1.82, 2.24) is 9.80 Å². The summed E-state index contributed by atoms with van der Waals surface area (Å²) in [6.07, 6.45) is 2.07. The van der Waals surface area contributed by atoms with Crippen LogP contribution in [0.4, 0.5) is 0 Å². The summed E-state index contributed by atoms with van der Waals surface area (Å²) in [6.45, 7) is 6.37. The maximum atomic E-state index is 12.6. The highest BCUT2D eigenvalue weighted by molar-refractivity contribution is 6.30. The lowest BCUT2D eigenvalue weighted by atomic mass is 9.81. The fraction of sp³-hybridized carbons (Fsp3) is 0.444. The first-order chi connectivity index (χ1) is 11.4. The van der Waals surface area contributed by atoms with Crippen LogP contribution < -0.4 is 0 Å². The van der Waals surface area contributed by atoms with Gasteiger partial charge in [-0.2, -0.15) is 0 Å². The number of hydrogen-bond acceptors (Lipinski definition) is 3. The average Bonchev–Trinajstić information content (AvgIpc) is 3.05. The highest BCUT2D eigenvalue weighted by Crippen LogP contribution is 2.42. The molecule has 2 atom stereocenters. The van der Waals surface area contributed by atoms with E-state index in [9.17, 15) is 14.7 Å². The number of carbonyl (C=O) groups is 2. The fourth-order valence-corrected chi connectivity index (χ4v) is 4.00. The van der Waals surface area contributed by atoms with Crippen molar-refractivity contribution in [2.45, 2.75) is 6.42 Å². The quantitative estimate of drug-likeness (QED) is 0.826. The maximum absolute atomic E-state index is 12.6. The van der Waals surface area contributed by atoms with Crippen molar-refractivity contribution >= 4 is 23.5 Å². The van der Waals surface area contributed by atoms with Crippen molar-refractivity contribution in [2.24, 2.45) is 11.3 Å². The number of likely N-dealkylation sites (tertiary alicyclic amines) is 2. The van der Waals surface area contributed by atoms with Gasteiger partial charge >= 0.3 is 5.97 Å². The van der Waals surface area contributed by atoms with Gasteiger partial charge in [0.25, 0.3) is 0 Å². The van der Waals surface area contributed by atoms with Crippen LogP contribution in [-0.4, -0.2) is 59.5 Å². The molecular formula is C18H21ClN2O3. The third-order valence-electron chi connectivity index (χ3n) is 5.11. The van der Waals surface area contributed by atoms with E-state index in [1.54, 1.807) is 23.1 Å². The van der Waals surface area contributed by atoms with Crippen LogP contribution in [0.25, 0.3) is 0 Å². The Kier molecular flexibility index (Phi) is 4.65. The monoisotopic (exact) mass is 348 g/mol. The summed E-state index contributed by atoms with van der Waals surface area (Å²) in [5, 5.41) is 10.4. The Morgan fingerprint density at radius 3 is 2.58 bits per heavy atom. The Labute approximate surface area is 146 Å². The van der Waals surface area contributed by atoms with Crippen molar-refractivity contribution in [3.05, 3.63) is 47.5 Å². The van der Waals surface area contributed by atoms with Crippen molar-refractivity contribution in [3.63, 3.8) is 0 Å². The lowest BCUT2D eigenvalue weighted by Crippen LogP contribution is -2.42. The summed E-state index contributed by atoms with van der Waals surface area (Å²) in [5.74, 6) is -0.854. The van der Waals surface area contributed by atoms with Crippen LogP contribution in [0.3, 0.4) is 0 Å². The number of carboxylic acids is 1. The number of carboxylic acid groups (broad SMARTS) is 1. The molecule has 2 aliphatic heterocycles. The van der Waals surface area contributed by atoms with Crippen molar-refractivity contribution in [3.8, 4) is 0 Å². The van der Waals surface area contributed by atoms with Gasteiger partial charge in [-0.1, -0.05) is 29.8 Å². The zero-order valence-corrected chi connectivity index (χ0v) is 14.2. The van der Waals surface area contributed by atoms with Gasteiger partial charge in [-0.15, -0.1) is 6.58 Å². The van der Waals surface area contributed by atoms with Crippen LogP contribution in [0, 0.1) is 11.3 Å². The van der Waals surface area contributed by atoms with E-state index in [1.165, 1.54) is 0 Å². The smallest absolute Gasteiger partial charge is 0.313 e. The number of amides is 1. The molecule has 1 aromatic carbocycles. The molecule has 2 aliphatic rings. The van der Waals surface area contributed by atoms with Crippen LogP contribution >= 0.6 is 11.6 Å². The van der Waals surface area contributed by atoms with Gasteiger partial charge in [-0.25, -0.2) is 0 Å². The molecule has 1 aromatic rings. The van der Waals surface area contributed by atoms with Gasteiger partial charge in [0.2, 0.25) is 5.91 Å². The number of benzene rings is 1. The fourth-order valence-electron chi connectivity index (χ4n) is 3.87.